The number of rotatable bonds is 3. The average Bonchev–Trinajstić information content (AvgIpc) is 2.74. The zero-order valence-corrected chi connectivity index (χ0v) is 8.26. The molecule has 1 fully saturated rings. The van der Waals surface area contributed by atoms with Crippen LogP contribution in [0.3, 0.4) is 0 Å². The van der Waals surface area contributed by atoms with Gasteiger partial charge in [0.1, 0.15) is 0 Å². The molecular formula is C9H17N5. The van der Waals surface area contributed by atoms with Crippen LogP contribution in [0.2, 0.25) is 0 Å². The van der Waals surface area contributed by atoms with Gasteiger partial charge in [0.2, 0.25) is 0 Å². The molecule has 1 aliphatic carbocycles. The van der Waals surface area contributed by atoms with Crippen molar-refractivity contribution in [2.24, 2.45) is 11.7 Å². The van der Waals surface area contributed by atoms with E-state index >= 15 is 0 Å². The van der Waals surface area contributed by atoms with Gasteiger partial charge in [-0.25, -0.2) is 4.68 Å². The Balaban J connectivity index is 2.09. The monoisotopic (exact) mass is 195 g/mol. The maximum atomic E-state index is 5.58. The van der Waals surface area contributed by atoms with E-state index in [1.165, 1.54) is 19.3 Å². The fourth-order valence-electron chi connectivity index (χ4n) is 2.37. The van der Waals surface area contributed by atoms with Gasteiger partial charge in [-0.2, -0.15) is 0 Å². The van der Waals surface area contributed by atoms with Crippen LogP contribution in [0.4, 0.5) is 5.82 Å². The van der Waals surface area contributed by atoms with E-state index in [1.807, 2.05) is 10.9 Å². The molecule has 4 N–H and O–H groups in total. The van der Waals surface area contributed by atoms with E-state index in [0.29, 0.717) is 17.8 Å². The first-order valence-corrected chi connectivity index (χ1v) is 5.18. The van der Waals surface area contributed by atoms with Gasteiger partial charge in [-0.3, -0.25) is 0 Å². The summed E-state index contributed by atoms with van der Waals surface area (Å²) in [6.45, 7) is 0.755. The number of nitrogen functional groups attached to an aromatic ring is 1. The summed E-state index contributed by atoms with van der Waals surface area (Å²) in [7, 11) is 0. The lowest BCUT2D eigenvalue weighted by Gasteiger charge is -2.18. The summed E-state index contributed by atoms with van der Waals surface area (Å²) in [6.07, 6.45) is 6.58. The van der Waals surface area contributed by atoms with Gasteiger partial charge in [0.05, 0.1) is 12.2 Å². The van der Waals surface area contributed by atoms with Gasteiger partial charge in [-0.15, -0.1) is 5.10 Å². The zero-order valence-electron chi connectivity index (χ0n) is 8.26. The Morgan fingerprint density at radius 2 is 2.36 bits per heavy atom. The molecule has 0 radical (unpaired) electrons. The second-order valence-electron chi connectivity index (χ2n) is 3.96. The molecule has 1 aromatic heterocycles. The molecule has 0 saturated heterocycles. The highest BCUT2D eigenvalue weighted by Crippen LogP contribution is 2.37. The minimum Gasteiger partial charge on any atom is -0.381 e. The summed E-state index contributed by atoms with van der Waals surface area (Å²) in [4.78, 5) is 0. The SMILES string of the molecule is NCCC1CCCC1n1cc(N)nn1. The lowest BCUT2D eigenvalue weighted by molar-refractivity contribution is 0.331. The van der Waals surface area contributed by atoms with Crippen molar-refractivity contribution < 1.29 is 0 Å². The van der Waals surface area contributed by atoms with E-state index in [0.717, 1.165) is 13.0 Å². The van der Waals surface area contributed by atoms with E-state index in [1.54, 1.807) is 0 Å². The standard InChI is InChI=1S/C9H17N5/c10-5-4-7-2-1-3-8(7)14-6-9(11)12-13-14/h6-8H,1-5,10-11H2. The summed E-state index contributed by atoms with van der Waals surface area (Å²) in [6, 6.07) is 0.461. The van der Waals surface area contributed by atoms with Crippen molar-refractivity contribution in [1.29, 1.82) is 0 Å². The zero-order chi connectivity index (χ0) is 9.97. The summed E-state index contributed by atoms with van der Waals surface area (Å²) in [5.41, 5.74) is 11.1. The molecule has 14 heavy (non-hydrogen) atoms. The second-order valence-corrected chi connectivity index (χ2v) is 3.96. The Morgan fingerprint density at radius 3 is 3.00 bits per heavy atom. The normalized spacial score (nSPS) is 26.9. The van der Waals surface area contributed by atoms with E-state index in [-0.39, 0.29) is 0 Å². The number of anilines is 1. The number of nitrogens with zero attached hydrogens (tertiary/aromatic N) is 3. The lowest BCUT2D eigenvalue weighted by Crippen LogP contribution is -2.17. The Labute approximate surface area is 83.5 Å². The molecule has 5 heteroatoms. The number of hydrogen-bond acceptors (Lipinski definition) is 4. The molecule has 0 aliphatic heterocycles. The van der Waals surface area contributed by atoms with Crippen LogP contribution in [0, 0.1) is 5.92 Å². The largest absolute Gasteiger partial charge is 0.381 e. The van der Waals surface area contributed by atoms with Crippen LogP contribution in [-0.4, -0.2) is 21.5 Å². The first kappa shape index (κ1) is 9.45. The van der Waals surface area contributed by atoms with Crippen LogP contribution in [-0.2, 0) is 0 Å². The van der Waals surface area contributed by atoms with Gasteiger partial charge in [0.15, 0.2) is 5.82 Å². The molecule has 2 atom stereocenters. The molecule has 1 heterocycles. The topological polar surface area (TPSA) is 82.8 Å². The van der Waals surface area contributed by atoms with Crippen molar-refractivity contribution in [3.63, 3.8) is 0 Å². The summed E-state index contributed by atoms with van der Waals surface area (Å²) in [5, 5.41) is 7.85. The van der Waals surface area contributed by atoms with E-state index in [4.69, 9.17) is 11.5 Å². The first-order valence-electron chi connectivity index (χ1n) is 5.18. The Morgan fingerprint density at radius 1 is 1.50 bits per heavy atom. The molecule has 1 aliphatic rings. The van der Waals surface area contributed by atoms with Crippen molar-refractivity contribution in [3.8, 4) is 0 Å². The van der Waals surface area contributed by atoms with Crippen molar-refractivity contribution in [3.05, 3.63) is 6.20 Å². The van der Waals surface area contributed by atoms with Gasteiger partial charge in [0.25, 0.3) is 0 Å². The Hall–Kier alpha value is -1.10. The summed E-state index contributed by atoms with van der Waals surface area (Å²) in [5.74, 6) is 1.16. The van der Waals surface area contributed by atoms with Crippen LogP contribution in [0.25, 0.3) is 0 Å². The molecule has 0 spiro atoms. The Bertz CT molecular complexity index is 295. The van der Waals surface area contributed by atoms with E-state index in [9.17, 15) is 0 Å². The van der Waals surface area contributed by atoms with Crippen molar-refractivity contribution in [2.45, 2.75) is 31.7 Å². The maximum absolute atomic E-state index is 5.58. The third kappa shape index (κ3) is 1.72. The van der Waals surface area contributed by atoms with Gasteiger partial charge < -0.3 is 11.5 Å². The number of hydrogen-bond donors (Lipinski definition) is 2. The fourth-order valence-corrected chi connectivity index (χ4v) is 2.37. The minimum absolute atomic E-state index is 0.461. The van der Waals surface area contributed by atoms with Gasteiger partial charge >= 0.3 is 0 Å². The predicted molar refractivity (Wildman–Crippen MR) is 54.5 cm³/mol. The van der Waals surface area contributed by atoms with Crippen LogP contribution in [0.1, 0.15) is 31.7 Å². The highest BCUT2D eigenvalue weighted by atomic mass is 15.4. The van der Waals surface area contributed by atoms with Gasteiger partial charge in [-0.1, -0.05) is 11.6 Å². The van der Waals surface area contributed by atoms with Crippen LogP contribution in [0.5, 0.6) is 0 Å². The minimum atomic E-state index is 0.461. The quantitative estimate of drug-likeness (QED) is 0.737. The molecule has 1 saturated carbocycles. The number of aromatic nitrogens is 3. The molecule has 2 rings (SSSR count). The highest BCUT2D eigenvalue weighted by Gasteiger charge is 2.28. The summed E-state index contributed by atoms with van der Waals surface area (Å²) >= 11 is 0. The molecule has 2 unspecified atom stereocenters. The van der Waals surface area contributed by atoms with Crippen LogP contribution >= 0.6 is 0 Å². The van der Waals surface area contributed by atoms with E-state index in [2.05, 4.69) is 10.3 Å². The molecule has 1 aromatic rings. The fraction of sp³-hybridized carbons (Fsp3) is 0.778. The lowest BCUT2D eigenvalue weighted by atomic mass is 10.00. The molecule has 0 amide bonds. The predicted octanol–water partition coefficient (Wildman–Crippen LogP) is 0.550. The Kier molecular flexibility index (Phi) is 2.67. The molecule has 5 nitrogen and oxygen atoms in total. The third-order valence-corrected chi connectivity index (χ3v) is 3.02. The molecule has 78 valence electrons. The van der Waals surface area contributed by atoms with Crippen molar-refractivity contribution in [1.82, 2.24) is 15.0 Å². The number of nitrogens with two attached hydrogens (primary N) is 2. The van der Waals surface area contributed by atoms with Gasteiger partial charge in [-0.05, 0) is 31.7 Å². The summed E-state index contributed by atoms with van der Waals surface area (Å²) < 4.78 is 1.91. The third-order valence-electron chi connectivity index (χ3n) is 3.02. The maximum Gasteiger partial charge on any atom is 0.165 e. The smallest absolute Gasteiger partial charge is 0.165 e. The first-order chi connectivity index (χ1) is 6.81. The molecule has 0 aromatic carbocycles. The molecular weight excluding hydrogens is 178 g/mol. The van der Waals surface area contributed by atoms with E-state index < -0.39 is 0 Å². The average molecular weight is 195 g/mol. The second kappa shape index (κ2) is 3.96. The van der Waals surface area contributed by atoms with Crippen LogP contribution in [0.15, 0.2) is 6.20 Å². The highest BCUT2D eigenvalue weighted by molar-refractivity contribution is 5.20. The van der Waals surface area contributed by atoms with Gasteiger partial charge in [0, 0.05) is 0 Å². The van der Waals surface area contributed by atoms with Crippen molar-refractivity contribution >= 4 is 5.82 Å². The van der Waals surface area contributed by atoms with Crippen molar-refractivity contribution in [2.75, 3.05) is 12.3 Å². The molecule has 0 bridgehead atoms. The van der Waals surface area contributed by atoms with Crippen LogP contribution < -0.4 is 11.5 Å².